The van der Waals surface area contributed by atoms with E-state index in [1.54, 1.807) is 43.1 Å². The summed E-state index contributed by atoms with van der Waals surface area (Å²) in [6, 6.07) is 4.34. The van der Waals surface area contributed by atoms with E-state index in [0.717, 1.165) is 6.20 Å². The fourth-order valence-corrected chi connectivity index (χ4v) is 4.03. The van der Waals surface area contributed by atoms with Crippen LogP contribution in [0, 0.1) is 5.82 Å². The van der Waals surface area contributed by atoms with Crippen molar-refractivity contribution in [2.45, 2.75) is 39.3 Å². The number of aldehydes is 1. The molecule has 3 rings (SSSR count). The van der Waals surface area contributed by atoms with Gasteiger partial charge in [0.25, 0.3) is 6.43 Å². The standard InChI is InChI=1S/C25H29BF3N5O2/c1-5-36-23-12-22(31-13-21(23)27)16(2)32(3)8-6-19-18(15-35)10-17(11-20(19)24(28)29)14-34-9-7-30-25(34)33(4)26/h7,9-13,15-16,24H,5-6,8,14H2,1-4H3. The number of imidazole rings is 1. The van der Waals surface area contributed by atoms with Crippen LogP contribution in [-0.4, -0.2) is 60.9 Å². The van der Waals surface area contributed by atoms with Gasteiger partial charge in [-0.1, -0.05) is 0 Å². The normalized spacial score (nSPS) is 12.2. The molecule has 11 heteroatoms. The average molecular weight is 499 g/mol. The molecule has 2 aromatic heterocycles. The largest absolute Gasteiger partial charge is 0.491 e. The number of hydrogen-bond acceptors (Lipinski definition) is 6. The second-order valence-corrected chi connectivity index (χ2v) is 8.52. The van der Waals surface area contributed by atoms with Crippen molar-refractivity contribution in [3.8, 4) is 5.75 Å². The molecule has 7 nitrogen and oxygen atoms in total. The van der Waals surface area contributed by atoms with Gasteiger partial charge in [-0.2, -0.15) is 0 Å². The number of ether oxygens (including phenoxy) is 1. The number of nitrogens with zero attached hydrogens (tertiary/aromatic N) is 5. The van der Waals surface area contributed by atoms with E-state index in [1.807, 2.05) is 18.9 Å². The van der Waals surface area contributed by atoms with Gasteiger partial charge in [-0.05, 0) is 57.6 Å². The van der Waals surface area contributed by atoms with E-state index in [4.69, 9.17) is 12.7 Å². The van der Waals surface area contributed by atoms with Crippen molar-refractivity contribution in [3.05, 3.63) is 70.6 Å². The van der Waals surface area contributed by atoms with E-state index in [2.05, 4.69) is 9.97 Å². The Morgan fingerprint density at radius 3 is 2.61 bits per heavy atom. The molecule has 0 spiro atoms. The van der Waals surface area contributed by atoms with Crippen LogP contribution in [0.5, 0.6) is 5.75 Å². The van der Waals surface area contributed by atoms with Gasteiger partial charge in [0.1, 0.15) is 6.29 Å². The second kappa shape index (κ2) is 12.1. The monoisotopic (exact) mass is 499 g/mol. The van der Waals surface area contributed by atoms with Crippen molar-refractivity contribution in [2.75, 3.05) is 32.1 Å². The SMILES string of the molecule is [B]N(C)c1nccn1Cc1cc(C=O)c(CCN(C)C(C)c2cc(OCC)c(F)cn2)c(C(F)F)c1. The van der Waals surface area contributed by atoms with Gasteiger partial charge in [0.15, 0.2) is 17.5 Å². The highest BCUT2D eigenvalue weighted by Gasteiger charge is 2.21. The Bertz CT molecular complexity index is 1190. The molecule has 0 aliphatic rings. The lowest BCUT2D eigenvalue weighted by Gasteiger charge is -2.25. The number of benzene rings is 1. The predicted molar refractivity (Wildman–Crippen MR) is 132 cm³/mol. The Kier molecular flexibility index (Phi) is 9.14. The molecule has 1 atom stereocenters. The van der Waals surface area contributed by atoms with Gasteiger partial charge in [-0.15, -0.1) is 0 Å². The van der Waals surface area contributed by atoms with Gasteiger partial charge in [-0.3, -0.25) is 14.7 Å². The Labute approximate surface area is 210 Å². The minimum absolute atomic E-state index is 0.114. The molecule has 190 valence electrons. The van der Waals surface area contributed by atoms with Crippen molar-refractivity contribution in [1.82, 2.24) is 19.4 Å². The van der Waals surface area contributed by atoms with E-state index in [-0.39, 0.29) is 35.9 Å². The Morgan fingerprint density at radius 1 is 1.22 bits per heavy atom. The van der Waals surface area contributed by atoms with Crippen LogP contribution in [0.4, 0.5) is 19.1 Å². The van der Waals surface area contributed by atoms with Gasteiger partial charge < -0.3 is 14.1 Å². The van der Waals surface area contributed by atoms with Crippen LogP contribution in [0.25, 0.3) is 0 Å². The molecule has 0 bridgehead atoms. The topological polar surface area (TPSA) is 63.5 Å². The fraction of sp³-hybridized carbons (Fsp3) is 0.400. The number of rotatable bonds is 12. The maximum absolute atomic E-state index is 14.1. The number of anilines is 1. The molecule has 36 heavy (non-hydrogen) atoms. The molecule has 0 saturated heterocycles. The van der Waals surface area contributed by atoms with Gasteiger partial charge in [-0.25, -0.2) is 18.2 Å². The smallest absolute Gasteiger partial charge is 0.264 e. The van der Waals surface area contributed by atoms with Gasteiger partial charge >= 0.3 is 0 Å². The van der Waals surface area contributed by atoms with Gasteiger partial charge in [0.2, 0.25) is 7.98 Å². The van der Waals surface area contributed by atoms with Crippen LogP contribution in [-0.2, 0) is 13.0 Å². The number of hydrogen-bond donors (Lipinski definition) is 0. The summed E-state index contributed by atoms with van der Waals surface area (Å²) in [6.45, 7) is 4.55. The zero-order chi connectivity index (χ0) is 26.4. The van der Waals surface area contributed by atoms with E-state index in [0.29, 0.717) is 42.2 Å². The third-order valence-electron chi connectivity index (χ3n) is 6.05. The highest BCUT2D eigenvalue weighted by Crippen LogP contribution is 2.29. The molecule has 0 aliphatic heterocycles. The van der Waals surface area contributed by atoms with Crippen molar-refractivity contribution >= 4 is 20.2 Å². The number of alkyl halides is 2. The van der Waals surface area contributed by atoms with Crippen molar-refractivity contribution < 1.29 is 22.7 Å². The van der Waals surface area contributed by atoms with E-state index >= 15 is 0 Å². The molecule has 2 heterocycles. The summed E-state index contributed by atoms with van der Waals surface area (Å²) in [5, 5.41) is 0. The van der Waals surface area contributed by atoms with Crippen molar-refractivity contribution in [3.63, 3.8) is 0 Å². The Morgan fingerprint density at radius 2 is 1.97 bits per heavy atom. The molecule has 0 aliphatic carbocycles. The Balaban J connectivity index is 1.82. The van der Waals surface area contributed by atoms with Crippen LogP contribution in [0.2, 0.25) is 0 Å². The molecule has 0 N–H and O–H groups in total. The third kappa shape index (κ3) is 6.26. The summed E-state index contributed by atoms with van der Waals surface area (Å²) in [4.78, 5) is 23.4. The van der Waals surface area contributed by atoms with E-state index < -0.39 is 12.2 Å². The first-order valence-corrected chi connectivity index (χ1v) is 11.5. The first-order chi connectivity index (χ1) is 17.2. The summed E-state index contributed by atoms with van der Waals surface area (Å²) in [6.07, 6.45) is 2.42. The molecule has 1 unspecified atom stereocenters. The molecular formula is C25H29BF3N5O2. The minimum Gasteiger partial charge on any atom is -0.491 e. The highest BCUT2D eigenvalue weighted by atomic mass is 19.3. The van der Waals surface area contributed by atoms with E-state index in [9.17, 15) is 18.0 Å². The van der Waals surface area contributed by atoms with Crippen LogP contribution in [0.15, 0.2) is 36.8 Å². The highest BCUT2D eigenvalue weighted by molar-refractivity contribution is 6.16. The quantitative estimate of drug-likeness (QED) is 0.273. The Hall–Kier alpha value is -3.34. The summed E-state index contributed by atoms with van der Waals surface area (Å²) >= 11 is 0. The summed E-state index contributed by atoms with van der Waals surface area (Å²) in [7, 11) is 9.22. The summed E-state index contributed by atoms with van der Waals surface area (Å²) in [5.41, 5.74) is 1.45. The molecule has 1 aromatic carbocycles. The molecule has 3 aromatic rings. The van der Waals surface area contributed by atoms with Gasteiger partial charge in [0.05, 0.1) is 25.0 Å². The fourth-order valence-electron chi connectivity index (χ4n) is 4.03. The predicted octanol–water partition coefficient (Wildman–Crippen LogP) is 4.37. The van der Waals surface area contributed by atoms with E-state index in [1.165, 1.54) is 10.9 Å². The first-order valence-electron chi connectivity index (χ1n) is 11.5. The number of carbonyl (C=O) groups is 1. The summed E-state index contributed by atoms with van der Waals surface area (Å²) in [5.74, 6) is 0.0277. The maximum atomic E-state index is 14.1. The maximum Gasteiger partial charge on any atom is 0.264 e. The molecule has 0 fully saturated rings. The number of pyridine rings is 1. The number of halogens is 3. The van der Waals surface area contributed by atoms with Crippen LogP contribution >= 0.6 is 0 Å². The van der Waals surface area contributed by atoms with Crippen molar-refractivity contribution in [1.29, 1.82) is 0 Å². The minimum atomic E-state index is -2.76. The lowest BCUT2D eigenvalue weighted by atomic mass is 9.95. The molecule has 2 radical (unpaired) electrons. The number of carbonyl (C=O) groups excluding carboxylic acids is 1. The molecular weight excluding hydrogens is 470 g/mol. The zero-order valence-corrected chi connectivity index (χ0v) is 20.8. The van der Waals surface area contributed by atoms with Crippen LogP contribution in [0.3, 0.4) is 0 Å². The third-order valence-corrected chi connectivity index (χ3v) is 6.05. The number of aromatic nitrogens is 3. The zero-order valence-electron chi connectivity index (χ0n) is 20.8. The van der Waals surface area contributed by atoms with Crippen molar-refractivity contribution in [2.24, 2.45) is 0 Å². The first kappa shape index (κ1) is 27.3. The van der Waals surface area contributed by atoms with Gasteiger partial charge in [0, 0.05) is 42.2 Å². The van der Waals surface area contributed by atoms with Crippen LogP contribution < -0.4 is 9.55 Å². The second-order valence-electron chi connectivity index (χ2n) is 8.52. The number of likely N-dealkylation sites (N-methyl/N-ethyl adjacent to an activating group) is 1. The molecule has 0 saturated carbocycles. The average Bonchev–Trinajstić information content (AvgIpc) is 3.31. The lowest BCUT2D eigenvalue weighted by molar-refractivity contribution is 0.112. The lowest BCUT2D eigenvalue weighted by Crippen LogP contribution is -2.26. The summed E-state index contributed by atoms with van der Waals surface area (Å²) < 4.78 is 49.1. The van der Waals surface area contributed by atoms with Crippen LogP contribution in [0.1, 0.15) is 59.1 Å². The molecule has 0 amide bonds.